The van der Waals surface area contributed by atoms with Gasteiger partial charge in [0.15, 0.2) is 0 Å². The predicted octanol–water partition coefficient (Wildman–Crippen LogP) is 4.98. The van der Waals surface area contributed by atoms with E-state index in [2.05, 4.69) is 49.6 Å². The van der Waals surface area contributed by atoms with E-state index in [1.165, 1.54) is 22.3 Å². The van der Waals surface area contributed by atoms with E-state index in [-0.39, 0.29) is 42.8 Å². The number of halogens is 3. The van der Waals surface area contributed by atoms with Gasteiger partial charge in [-0.25, -0.2) is 0 Å². The summed E-state index contributed by atoms with van der Waals surface area (Å²) >= 11 is 0. The molecular weight excluding hydrogens is 481 g/mol. The number of nitrogens with two attached hydrogens (primary N) is 1. The number of benzene rings is 2. The third kappa shape index (κ3) is 6.01. The number of nitrogens with zero attached hydrogens (tertiary/aromatic N) is 2. The number of hydrogen-bond acceptors (Lipinski definition) is 5. The summed E-state index contributed by atoms with van der Waals surface area (Å²) < 4.78 is 12.1. The number of rotatable bonds is 5. The van der Waals surface area contributed by atoms with Crippen molar-refractivity contribution in [3.8, 4) is 11.5 Å². The van der Waals surface area contributed by atoms with Crippen molar-refractivity contribution in [2.75, 3.05) is 45.6 Å². The van der Waals surface area contributed by atoms with Gasteiger partial charge in [0.1, 0.15) is 17.1 Å². The number of piperazine rings is 1. The molecule has 186 valence electrons. The zero-order chi connectivity index (χ0) is 21.5. The smallest absolute Gasteiger partial charge is 0.127 e. The van der Waals surface area contributed by atoms with Crippen LogP contribution in [0.4, 0.5) is 5.69 Å². The second kappa shape index (κ2) is 11.9. The second-order valence-electron chi connectivity index (χ2n) is 9.19. The molecular formula is C25H38Cl3N3O2. The number of nitrogen functional groups attached to an aromatic ring is 1. The summed E-state index contributed by atoms with van der Waals surface area (Å²) in [6, 6.07) is 8.32. The van der Waals surface area contributed by atoms with Crippen LogP contribution in [-0.4, -0.2) is 55.2 Å². The van der Waals surface area contributed by atoms with Gasteiger partial charge in [0.2, 0.25) is 0 Å². The Morgan fingerprint density at radius 1 is 0.939 bits per heavy atom. The molecule has 0 aromatic heterocycles. The SMILES string of the molecule is COc1ccccc1CN1CCN(CC2(C)Cc3c(C)c(N)c(C)c(C)c3O2)CC1.Cl.Cl.Cl. The first-order chi connectivity index (χ1) is 14.3. The van der Waals surface area contributed by atoms with Gasteiger partial charge < -0.3 is 15.2 Å². The van der Waals surface area contributed by atoms with E-state index < -0.39 is 0 Å². The molecule has 2 aliphatic heterocycles. The van der Waals surface area contributed by atoms with E-state index in [0.717, 1.165) is 68.4 Å². The lowest BCUT2D eigenvalue weighted by Crippen LogP contribution is -2.52. The molecule has 2 aliphatic rings. The molecule has 1 unspecified atom stereocenters. The largest absolute Gasteiger partial charge is 0.496 e. The van der Waals surface area contributed by atoms with E-state index in [9.17, 15) is 0 Å². The lowest BCUT2D eigenvalue weighted by molar-refractivity contribution is 0.0363. The summed E-state index contributed by atoms with van der Waals surface area (Å²) in [5, 5.41) is 0. The third-order valence-electron chi connectivity index (χ3n) is 6.95. The fourth-order valence-electron chi connectivity index (χ4n) is 4.96. The van der Waals surface area contributed by atoms with Gasteiger partial charge in [0.25, 0.3) is 0 Å². The highest BCUT2D eigenvalue weighted by Crippen LogP contribution is 2.44. The van der Waals surface area contributed by atoms with Gasteiger partial charge in [-0.15, -0.1) is 37.2 Å². The monoisotopic (exact) mass is 517 g/mol. The number of hydrogen-bond donors (Lipinski definition) is 1. The zero-order valence-electron chi connectivity index (χ0n) is 20.3. The molecule has 0 spiro atoms. The van der Waals surface area contributed by atoms with Crippen LogP contribution in [0, 0.1) is 20.8 Å². The molecule has 1 fully saturated rings. The number of methoxy groups -OCH3 is 1. The summed E-state index contributed by atoms with van der Waals surface area (Å²) in [7, 11) is 1.75. The molecule has 1 saturated heterocycles. The molecule has 0 radical (unpaired) electrons. The van der Waals surface area contributed by atoms with Crippen molar-refractivity contribution in [1.29, 1.82) is 0 Å². The van der Waals surface area contributed by atoms with Crippen molar-refractivity contribution in [3.05, 3.63) is 52.1 Å². The first-order valence-electron chi connectivity index (χ1n) is 10.9. The first kappa shape index (κ1) is 29.7. The topological polar surface area (TPSA) is 51.0 Å². The zero-order valence-corrected chi connectivity index (χ0v) is 22.7. The Bertz CT molecular complexity index is 910. The third-order valence-corrected chi connectivity index (χ3v) is 6.95. The van der Waals surface area contributed by atoms with Gasteiger partial charge in [-0.1, -0.05) is 18.2 Å². The molecule has 0 amide bonds. The molecule has 8 heteroatoms. The summed E-state index contributed by atoms with van der Waals surface area (Å²) in [4.78, 5) is 5.06. The summed E-state index contributed by atoms with van der Waals surface area (Å²) in [6.45, 7) is 14.7. The van der Waals surface area contributed by atoms with Gasteiger partial charge >= 0.3 is 0 Å². The van der Waals surface area contributed by atoms with E-state index in [4.69, 9.17) is 15.2 Å². The lowest BCUT2D eigenvalue weighted by Gasteiger charge is -2.38. The maximum Gasteiger partial charge on any atom is 0.127 e. The highest BCUT2D eigenvalue weighted by atomic mass is 35.5. The fraction of sp³-hybridized carbons (Fsp3) is 0.520. The van der Waals surface area contributed by atoms with E-state index >= 15 is 0 Å². The van der Waals surface area contributed by atoms with Gasteiger partial charge in [-0.2, -0.15) is 0 Å². The van der Waals surface area contributed by atoms with Crippen molar-refractivity contribution >= 4 is 42.9 Å². The molecule has 4 rings (SSSR count). The molecule has 2 aromatic rings. The summed E-state index contributed by atoms with van der Waals surface area (Å²) in [6.07, 6.45) is 0.931. The molecule has 0 aliphatic carbocycles. The van der Waals surface area contributed by atoms with E-state index in [1.807, 2.05) is 12.1 Å². The van der Waals surface area contributed by atoms with E-state index in [0.29, 0.717) is 0 Å². The number of para-hydroxylation sites is 1. The molecule has 2 N–H and O–H groups in total. The Kier molecular flexibility index (Phi) is 10.7. The lowest BCUT2D eigenvalue weighted by atomic mass is 9.91. The summed E-state index contributed by atoms with van der Waals surface area (Å²) in [5.74, 6) is 2.04. The van der Waals surface area contributed by atoms with Gasteiger partial charge in [-0.05, 0) is 50.5 Å². The molecule has 2 aromatic carbocycles. The van der Waals surface area contributed by atoms with Crippen molar-refractivity contribution in [3.63, 3.8) is 0 Å². The van der Waals surface area contributed by atoms with Gasteiger partial charge in [-0.3, -0.25) is 9.80 Å². The molecule has 5 nitrogen and oxygen atoms in total. The van der Waals surface area contributed by atoms with Crippen molar-refractivity contribution in [2.45, 2.75) is 46.3 Å². The maximum atomic E-state index is 6.57. The molecule has 1 atom stereocenters. The highest BCUT2D eigenvalue weighted by Gasteiger charge is 2.39. The van der Waals surface area contributed by atoms with Crippen LogP contribution in [-0.2, 0) is 13.0 Å². The minimum absolute atomic E-state index is 0. The standard InChI is InChI=1S/C25H35N3O2.3ClH/c1-17-18(2)24-21(19(3)23(17)26)14-25(4,30-24)16-28-12-10-27(11-13-28)15-20-8-6-7-9-22(20)29-5;;;/h6-9H,10-16,26H2,1-5H3;3*1H. The van der Waals surface area contributed by atoms with Crippen molar-refractivity contribution in [2.24, 2.45) is 0 Å². The van der Waals surface area contributed by atoms with Gasteiger partial charge in [0.05, 0.1) is 7.11 Å². The van der Waals surface area contributed by atoms with Crippen molar-refractivity contribution in [1.82, 2.24) is 9.80 Å². The first-order valence-corrected chi connectivity index (χ1v) is 10.9. The number of fused-ring (bicyclic) bond motifs is 1. The fourth-order valence-corrected chi connectivity index (χ4v) is 4.96. The van der Waals surface area contributed by atoms with Crippen LogP contribution in [0.2, 0.25) is 0 Å². The Morgan fingerprint density at radius 2 is 1.55 bits per heavy atom. The van der Waals surface area contributed by atoms with Crippen molar-refractivity contribution < 1.29 is 9.47 Å². The average molecular weight is 519 g/mol. The average Bonchev–Trinajstić information content (AvgIpc) is 3.10. The van der Waals surface area contributed by atoms with Crippen LogP contribution in [0.3, 0.4) is 0 Å². The molecule has 2 heterocycles. The second-order valence-corrected chi connectivity index (χ2v) is 9.19. The van der Waals surface area contributed by atoms with Crippen LogP contribution in [0.15, 0.2) is 24.3 Å². The van der Waals surface area contributed by atoms with Crippen LogP contribution in [0.1, 0.15) is 34.7 Å². The van der Waals surface area contributed by atoms with Crippen LogP contribution < -0.4 is 15.2 Å². The summed E-state index contributed by atoms with van der Waals surface area (Å²) in [5.41, 5.74) is 13.2. The minimum atomic E-state index is -0.192. The predicted molar refractivity (Wildman–Crippen MR) is 144 cm³/mol. The Morgan fingerprint density at radius 3 is 2.18 bits per heavy atom. The normalized spacial score (nSPS) is 20.0. The quantitative estimate of drug-likeness (QED) is 0.566. The van der Waals surface area contributed by atoms with E-state index in [1.54, 1.807) is 7.11 Å². The minimum Gasteiger partial charge on any atom is -0.496 e. The number of ether oxygens (including phenoxy) is 2. The Hall–Kier alpha value is -1.37. The molecule has 33 heavy (non-hydrogen) atoms. The maximum absolute atomic E-state index is 6.57. The highest BCUT2D eigenvalue weighted by molar-refractivity contribution is 5.86. The van der Waals surface area contributed by atoms with Gasteiger partial charge in [0, 0.05) is 62.5 Å². The van der Waals surface area contributed by atoms with Crippen LogP contribution >= 0.6 is 37.2 Å². The number of anilines is 1. The molecule has 0 bridgehead atoms. The Labute approximate surface area is 217 Å². The Balaban J connectivity index is 0.00000181. The van der Waals surface area contributed by atoms with Crippen LogP contribution in [0.25, 0.3) is 0 Å². The molecule has 0 saturated carbocycles. The van der Waals surface area contributed by atoms with Crippen LogP contribution in [0.5, 0.6) is 11.5 Å².